The third kappa shape index (κ3) is 5.67. The van der Waals surface area contributed by atoms with Crippen molar-refractivity contribution in [1.82, 2.24) is 14.5 Å². The fourth-order valence-corrected chi connectivity index (χ4v) is 5.70. The zero-order valence-corrected chi connectivity index (χ0v) is 21.9. The van der Waals surface area contributed by atoms with Crippen molar-refractivity contribution in [3.8, 4) is 0 Å². The third-order valence-corrected chi connectivity index (χ3v) is 7.68. The van der Waals surface area contributed by atoms with Crippen LogP contribution in [0.1, 0.15) is 50.0 Å². The van der Waals surface area contributed by atoms with Crippen molar-refractivity contribution in [2.45, 2.75) is 57.1 Å². The third-order valence-electron chi connectivity index (χ3n) is 5.35. The van der Waals surface area contributed by atoms with Gasteiger partial charge in [0.15, 0.2) is 0 Å². The Morgan fingerprint density at radius 3 is 2.41 bits per heavy atom. The molecule has 34 heavy (non-hydrogen) atoms. The zero-order valence-electron chi connectivity index (χ0n) is 19.5. The standard InChI is InChI=1S/C24H28BrN3O5S/c1-16(22(30)26-24(2,3)4)27(15-17-8-7-9-18(25)14-17)21(29)12-13-28-23(31)19-10-5-6-11-20(19)34(28,32)33/h5-11,14,16H,12-13,15H2,1-4H3,(H,26,30)/t16-/m0/s1. The van der Waals surface area contributed by atoms with E-state index in [2.05, 4.69) is 21.2 Å². The van der Waals surface area contributed by atoms with Crippen LogP contribution in [0.3, 0.4) is 0 Å². The molecular formula is C24H28BrN3O5S. The van der Waals surface area contributed by atoms with E-state index in [0.717, 1.165) is 14.3 Å². The molecule has 0 saturated carbocycles. The van der Waals surface area contributed by atoms with Gasteiger partial charge in [-0.25, -0.2) is 12.7 Å². The minimum atomic E-state index is -4.01. The first-order valence-electron chi connectivity index (χ1n) is 10.8. The van der Waals surface area contributed by atoms with Crippen molar-refractivity contribution in [3.05, 3.63) is 64.1 Å². The van der Waals surface area contributed by atoms with E-state index in [4.69, 9.17) is 0 Å². The maximum atomic E-state index is 13.3. The van der Waals surface area contributed by atoms with Gasteiger partial charge in [0.05, 0.1) is 5.56 Å². The molecule has 0 bridgehead atoms. The zero-order chi connectivity index (χ0) is 25.3. The number of fused-ring (bicyclic) bond motifs is 1. The van der Waals surface area contributed by atoms with Gasteiger partial charge >= 0.3 is 0 Å². The van der Waals surface area contributed by atoms with Crippen LogP contribution in [0.2, 0.25) is 0 Å². The van der Waals surface area contributed by atoms with Crippen molar-refractivity contribution < 1.29 is 22.8 Å². The van der Waals surface area contributed by atoms with Crippen LogP contribution < -0.4 is 5.32 Å². The van der Waals surface area contributed by atoms with Crippen LogP contribution in [0.5, 0.6) is 0 Å². The van der Waals surface area contributed by atoms with Crippen molar-refractivity contribution in [1.29, 1.82) is 0 Å². The highest BCUT2D eigenvalue weighted by Crippen LogP contribution is 2.30. The lowest BCUT2D eigenvalue weighted by Crippen LogP contribution is -2.52. The lowest BCUT2D eigenvalue weighted by molar-refractivity contribution is -0.141. The van der Waals surface area contributed by atoms with Gasteiger partial charge in [0.25, 0.3) is 15.9 Å². The van der Waals surface area contributed by atoms with Crippen LogP contribution >= 0.6 is 15.9 Å². The van der Waals surface area contributed by atoms with Gasteiger partial charge in [-0.3, -0.25) is 14.4 Å². The van der Waals surface area contributed by atoms with E-state index in [0.29, 0.717) is 0 Å². The molecule has 1 aliphatic heterocycles. The second-order valence-corrected chi connectivity index (χ2v) is 11.9. The number of amides is 3. The number of nitrogens with zero attached hydrogens (tertiary/aromatic N) is 2. The molecule has 0 unspecified atom stereocenters. The fraction of sp³-hybridized carbons (Fsp3) is 0.375. The van der Waals surface area contributed by atoms with E-state index < -0.39 is 33.4 Å². The Hall–Kier alpha value is -2.72. The lowest BCUT2D eigenvalue weighted by atomic mass is 10.1. The van der Waals surface area contributed by atoms with Gasteiger partial charge in [0.2, 0.25) is 11.8 Å². The smallest absolute Gasteiger partial charge is 0.269 e. The number of hydrogen-bond acceptors (Lipinski definition) is 5. The molecular weight excluding hydrogens is 522 g/mol. The van der Waals surface area contributed by atoms with Gasteiger partial charge in [-0.2, -0.15) is 0 Å². The summed E-state index contributed by atoms with van der Waals surface area (Å²) in [4.78, 5) is 40.2. The van der Waals surface area contributed by atoms with Crippen molar-refractivity contribution in [3.63, 3.8) is 0 Å². The van der Waals surface area contributed by atoms with Crippen LogP contribution in [-0.4, -0.2) is 53.5 Å². The maximum Gasteiger partial charge on any atom is 0.269 e. The molecule has 182 valence electrons. The van der Waals surface area contributed by atoms with Gasteiger partial charge in [-0.05, 0) is 57.5 Å². The molecule has 8 nitrogen and oxygen atoms in total. The van der Waals surface area contributed by atoms with E-state index in [-0.39, 0.29) is 35.9 Å². The molecule has 2 aromatic carbocycles. The molecule has 0 aromatic heterocycles. The first kappa shape index (κ1) is 25.9. The van der Waals surface area contributed by atoms with E-state index in [1.165, 1.54) is 17.0 Å². The summed E-state index contributed by atoms with van der Waals surface area (Å²) in [5.74, 6) is -1.41. The Labute approximate surface area is 208 Å². The number of benzene rings is 2. The highest BCUT2D eigenvalue weighted by atomic mass is 79.9. The quantitative estimate of drug-likeness (QED) is 0.570. The van der Waals surface area contributed by atoms with Crippen molar-refractivity contribution in [2.75, 3.05) is 6.54 Å². The first-order valence-corrected chi connectivity index (χ1v) is 13.1. The van der Waals surface area contributed by atoms with E-state index in [9.17, 15) is 22.8 Å². The van der Waals surface area contributed by atoms with Crippen LogP contribution in [0.4, 0.5) is 0 Å². The Bertz CT molecular complexity index is 1220. The summed E-state index contributed by atoms with van der Waals surface area (Å²) in [5, 5.41) is 2.88. The number of carbonyl (C=O) groups is 3. The van der Waals surface area contributed by atoms with Crippen LogP contribution in [0.15, 0.2) is 57.9 Å². The number of hydrogen-bond donors (Lipinski definition) is 1. The average molecular weight is 550 g/mol. The minimum absolute atomic E-state index is 0.0589. The molecule has 0 fully saturated rings. The van der Waals surface area contributed by atoms with Gasteiger partial charge in [-0.1, -0.05) is 40.2 Å². The average Bonchev–Trinajstić information content (AvgIpc) is 2.94. The predicted octanol–water partition coefficient (Wildman–Crippen LogP) is 3.32. The highest BCUT2D eigenvalue weighted by Gasteiger charge is 2.41. The number of sulfonamides is 1. The molecule has 3 amide bonds. The molecule has 2 aromatic rings. The van der Waals surface area contributed by atoms with Crippen molar-refractivity contribution in [2.24, 2.45) is 0 Å². The summed E-state index contributed by atoms with van der Waals surface area (Å²) >= 11 is 3.41. The van der Waals surface area contributed by atoms with Crippen molar-refractivity contribution >= 4 is 43.7 Å². The summed E-state index contributed by atoms with van der Waals surface area (Å²) in [5.41, 5.74) is 0.409. The summed E-state index contributed by atoms with van der Waals surface area (Å²) in [7, 11) is -4.01. The van der Waals surface area contributed by atoms with Crippen LogP contribution in [-0.2, 0) is 26.2 Å². The fourth-order valence-electron chi connectivity index (χ4n) is 3.68. The number of nitrogens with one attached hydrogen (secondary N) is 1. The van der Waals surface area contributed by atoms with Crippen LogP contribution in [0.25, 0.3) is 0 Å². The normalized spacial score (nSPS) is 15.6. The summed E-state index contributed by atoms with van der Waals surface area (Å²) in [6.45, 7) is 7.01. The van der Waals surface area contributed by atoms with Gasteiger partial charge in [-0.15, -0.1) is 0 Å². The molecule has 0 saturated heterocycles. The Morgan fingerprint density at radius 1 is 1.12 bits per heavy atom. The molecule has 3 rings (SSSR count). The highest BCUT2D eigenvalue weighted by molar-refractivity contribution is 9.10. The SMILES string of the molecule is C[C@@H](C(=O)NC(C)(C)C)N(Cc1cccc(Br)c1)C(=O)CCN1C(=O)c2ccccc2S1(=O)=O. The molecule has 1 aliphatic rings. The summed E-state index contributed by atoms with van der Waals surface area (Å²) in [6, 6.07) is 12.5. The maximum absolute atomic E-state index is 13.3. The lowest BCUT2D eigenvalue weighted by Gasteiger charge is -2.32. The second-order valence-electron chi connectivity index (χ2n) is 9.20. The molecule has 0 spiro atoms. The number of halogens is 1. The molecule has 0 aliphatic carbocycles. The summed E-state index contributed by atoms with van der Waals surface area (Å²) in [6.07, 6.45) is -0.250. The van der Waals surface area contributed by atoms with Gasteiger partial charge in [0, 0.05) is 29.5 Å². The predicted molar refractivity (Wildman–Crippen MR) is 131 cm³/mol. The molecule has 0 radical (unpaired) electrons. The number of carbonyl (C=O) groups excluding carboxylic acids is 3. The van der Waals surface area contributed by atoms with E-state index in [1.54, 1.807) is 19.1 Å². The van der Waals surface area contributed by atoms with Gasteiger partial charge in [0.1, 0.15) is 10.9 Å². The molecule has 1 N–H and O–H groups in total. The van der Waals surface area contributed by atoms with E-state index >= 15 is 0 Å². The summed E-state index contributed by atoms with van der Waals surface area (Å²) < 4.78 is 27.2. The monoisotopic (exact) mass is 549 g/mol. The topological polar surface area (TPSA) is 104 Å². The minimum Gasteiger partial charge on any atom is -0.350 e. The Morgan fingerprint density at radius 2 is 1.79 bits per heavy atom. The van der Waals surface area contributed by atoms with Gasteiger partial charge < -0.3 is 10.2 Å². The number of rotatable bonds is 7. The molecule has 1 atom stereocenters. The largest absolute Gasteiger partial charge is 0.350 e. The molecule has 1 heterocycles. The Kier molecular flexibility index (Phi) is 7.52. The Balaban J connectivity index is 1.81. The second kappa shape index (κ2) is 9.87. The first-order chi connectivity index (χ1) is 15.8. The molecule has 10 heteroatoms. The van der Waals surface area contributed by atoms with Crippen LogP contribution in [0, 0.1) is 0 Å². The van der Waals surface area contributed by atoms with E-state index in [1.807, 2.05) is 45.0 Å².